The summed E-state index contributed by atoms with van der Waals surface area (Å²) < 4.78 is 6.08. The lowest BCUT2D eigenvalue weighted by molar-refractivity contribution is -0.136. The molecular formula is C40H40N6O6. The molecule has 1 atom stereocenters. The Bertz CT molecular complexity index is 2070. The highest BCUT2D eigenvalue weighted by Crippen LogP contribution is 2.49. The molecule has 12 nitrogen and oxygen atoms in total. The highest BCUT2D eigenvalue weighted by Gasteiger charge is 2.52. The van der Waals surface area contributed by atoms with Crippen molar-refractivity contribution >= 4 is 35.3 Å². The maximum Gasteiger partial charge on any atom is 0.262 e. The molecule has 8 rings (SSSR count). The number of rotatable bonds is 10. The molecule has 3 aromatic carbocycles. The molecule has 12 heteroatoms. The summed E-state index contributed by atoms with van der Waals surface area (Å²) in [6.07, 6.45) is 3.54. The van der Waals surface area contributed by atoms with Crippen LogP contribution in [0.3, 0.4) is 0 Å². The minimum absolute atomic E-state index is 0.0782. The van der Waals surface area contributed by atoms with Crippen molar-refractivity contribution < 1.29 is 29.0 Å². The summed E-state index contributed by atoms with van der Waals surface area (Å²) in [4.78, 5) is 62.4. The number of nitrogens with one attached hydrogen (secondary N) is 2. The molecule has 4 aliphatic rings. The van der Waals surface area contributed by atoms with Crippen LogP contribution in [0.15, 0.2) is 79.0 Å². The molecule has 1 unspecified atom stereocenters. The highest BCUT2D eigenvalue weighted by atomic mass is 16.5. The van der Waals surface area contributed by atoms with E-state index in [9.17, 15) is 24.3 Å². The maximum atomic E-state index is 13.2. The molecule has 52 heavy (non-hydrogen) atoms. The van der Waals surface area contributed by atoms with Gasteiger partial charge in [0.1, 0.15) is 18.4 Å². The van der Waals surface area contributed by atoms with Crippen molar-refractivity contribution in [3.8, 4) is 5.75 Å². The highest BCUT2D eigenvalue weighted by molar-refractivity contribution is 6.23. The molecule has 0 bridgehead atoms. The molecule has 1 aromatic heterocycles. The summed E-state index contributed by atoms with van der Waals surface area (Å²) >= 11 is 0. The number of benzene rings is 3. The van der Waals surface area contributed by atoms with E-state index in [0.29, 0.717) is 24.8 Å². The third-order valence-corrected chi connectivity index (χ3v) is 10.9. The first-order chi connectivity index (χ1) is 25.0. The zero-order chi connectivity index (χ0) is 36.2. The van der Waals surface area contributed by atoms with E-state index in [-0.39, 0.29) is 40.9 Å². The number of carbonyl (C=O) groups excluding carboxylic acids is 4. The van der Waals surface area contributed by atoms with Crippen molar-refractivity contribution in [2.24, 2.45) is 5.41 Å². The van der Waals surface area contributed by atoms with E-state index in [1.165, 1.54) is 0 Å². The lowest BCUT2D eigenvalue weighted by Crippen LogP contribution is -2.64. The molecule has 1 saturated carbocycles. The molecule has 4 amide bonds. The Balaban J connectivity index is 0.852. The van der Waals surface area contributed by atoms with Gasteiger partial charge in [-0.3, -0.25) is 29.4 Å². The number of anilines is 2. The number of aromatic nitrogens is 2. The van der Waals surface area contributed by atoms with Crippen molar-refractivity contribution in [1.29, 1.82) is 0 Å². The molecule has 266 valence electrons. The number of aliphatic hydroxyl groups excluding tert-OH is 1. The van der Waals surface area contributed by atoms with Gasteiger partial charge in [0.25, 0.3) is 11.8 Å². The van der Waals surface area contributed by atoms with Gasteiger partial charge in [0.15, 0.2) is 0 Å². The number of hydrogen-bond acceptors (Lipinski definition) is 10. The summed E-state index contributed by atoms with van der Waals surface area (Å²) in [6.45, 7) is 6.99. The van der Waals surface area contributed by atoms with E-state index in [4.69, 9.17) is 9.72 Å². The van der Waals surface area contributed by atoms with Gasteiger partial charge in [-0.25, -0.2) is 9.97 Å². The van der Waals surface area contributed by atoms with Gasteiger partial charge in [-0.2, -0.15) is 0 Å². The Morgan fingerprint density at radius 3 is 2.31 bits per heavy atom. The number of hydrogen-bond donors (Lipinski definition) is 3. The van der Waals surface area contributed by atoms with Gasteiger partial charge >= 0.3 is 0 Å². The second-order valence-electron chi connectivity index (χ2n) is 15.0. The van der Waals surface area contributed by atoms with Crippen molar-refractivity contribution in [2.75, 3.05) is 23.3 Å². The fraction of sp³-hybridized carbons (Fsp3) is 0.350. The van der Waals surface area contributed by atoms with Gasteiger partial charge in [-0.15, -0.1) is 0 Å². The summed E-state index contributed by atoms with van der Waals surface area (Å²) in [5, 5.41) is 15.2. The Kier molecular flexibility index (Phi) is 8.29. The minimum Gasteiger partial charge on any atom is -0.487 e. The van der Waals surface area contributed by atoms with Crippen LogP contribution < -0.4 is 20.3 Å². The van der Waals surface area contributed by atoms with Gasteiger partial charge < -0.3 is 20.1 Å². The first-order valence-corrected chi connectivity index (χ1v) is 17.7. The van der Waals surface area contributed by atoms with E-state index in [2.05, 4.69) is 70.8 Å². The van der Waals surface area contributed by atoms with Crippen LogP contribution in [0, 0.1) is 5.41 Å². The average molecular weight is 701 g/mol. The first kappa shape index (κ1) is 33.5. The molecule has 1 aliphatic carbocycles. The van der Waals surface area contributed by atoms with E-state index in [1.54, 1.807) is 24.4 Å². The molecule has 2 saturated heterocycles. The van der Waals surface area contributed by atoms with Gasteiger partial charge in [-0.1, -0.05) is 50.2 Å². The summed E-state index contributed by atoms with van der Waals surface area (Å²) in [5.41, 5.74) is 5.30. The van der Waals surface area contributed by atoms with E-state index in [0.717, 1.165) is 59.0 Å². The van der Waals surface area contributed by atoms with E-state index in [1.807, 2.05) is 18.2 Å². The van der Waals surface area contributed by atoms with Crippen molar-refractivity contribution in [3.05, 3.63) is 113 Å². The quantitative estimate of drug-likeness (QED) is 0.204. The van der Waals surface area contributed by atoms with Crippen molar-refractivity contribution in [2.45, 2.75) is 70.2 Å². The monoisotopic (exact) mass is 700 g/mol. The molecule has 0 radical (unpaired) electrons. The van der Waals surface area contributed by atoms with Crippen LogP contribution in [0.2, 0.25) is 0 Å². The maximum absolute atomic E-state index is 13.2. The number of carbonyl (C=O) groups is 4. The van der Waals surface area contributed by atoms with Gasteiger partial charge in [0.05, 0.1) is 22.9 Å². The largest absolute Gasteiger partial charge is 0.487 e. The number of aliphatic hydroxyl groups is 1. The number of piperidine rings is 1. The summed E-state index contributed by atoms with van der Waals surface area (Å²) in [5.74, 6) is -0.615. The van der Waals surface area contributed by atoms with E-state index < -0.39 is 29.7 Å². The standard InChI is InChI=1S/C40H40N6O6/c1-39(2,26-7-10-30(11-8-26)52-21-28-15-16-41-38(43-28)45-22-40(23-45)18-29(47)19-40)25-5-3-24(4-6-25)20-42-27-9-12-31-32(17-27)37(51)46(36(31)50)33-13-14-34(48)44-35(33)49/h3-12,15-17,29,33,42,47H,13-14,18-23H2,1-2H3,(H,44,48,49). The Hall–Kier alpha value is -5.62. The van der Waals surface area contributed by atoms with Crippen LogP contribution in [-0.2, 0) is 28.2 Å². The predicted octanol–water partition coefficient (Wildman–Crippen LogP) is 4.36. The lowest BCUT2D eigenvalue weighted by Gasteiger charge is -2.57. The fourth-order valence-corrected chi connectivity index (χ4v) is 7.84. The summed E-state index contributed by atoms with van der Waals surface area (Å²) in [7, 11) is 0. The zero-order valence-corrected chi connectivity index (χ0v) is 29.1. The lowest BCUT2D eigenvalue weighted by atomic mass is 9.62. The van der Waals surface area contributed by atoms with Crippen LogP contribution in [0.25, 0.3) is 0 Å². The van der Waals surface area contributed by atoms with Crippen LogP contribution in [0.1, 0.15) is 82.6 Å². The predicted molar refractivity (Wildman–Crippen MR) is 192 cm³/mol. The second-order valence-corrected chi connectivity index (χ2v) is 15.0. The van der Waals surface area contributed by atoms with Gasteiger partial charge in [-0.05, 0) is 72.4 Å². The van der Waals surface area contributed by atoms with Crippen LogP contribution in [-0.4, -0.2) is 68.8 Å². The SMILES string of the molecule is CC(C)(c1ccc(CNc2ccc3c(c2)C(=O)N(C2CCC(=O)NC2=O)C3=O)cc1)c1ccc(OCc2ccnc(N3CC4(CC(O)C4)C3)n2)cc1. The number of imide groups is 2. The molecule has 3 fully saturated rings. The third-order valence-electron chi connectivity index (χ3n) is 10.9. The molecule has 4 heterocycles. The second kappa shape index (κ2) is 12.9. The molecule has 1 spiro atoms. The topological polar surface area (TPSA) is 154 Å². The molecule has 3 N–H and O–H groups in total. The van der Waals surface area contributed by atoms with Crippen molar-refractivity contribution in [3.63, 3.8) is 0 Å². The fourth-order valence-electron chi connectivity index (χ4n) is 7.84. The van der Waals surface area contributed by atoms with Crippen LogP contribution >= 0.6 is 0 Å². The van der Waals surface area contributed by atoms with E-state index >= 15 is 0 Å². The number of fused-ring (bicyclic) bond motifs is 1. The molecule has 4 aromatic rings. The Labute approximate surface area is 301 Å². The average Bonchev–Trinajstić information content (AvgIpc) is 3.36. The van der Waals surface area contributed by atoms with Crippen LogP contribution in [0.4, 0.5) is 11.6 Å². The molecule has 3 aliphatic heterocycles. The number of ether oxygens (including phenoxy) is 1. The third kappa shape index (κ3) is 6.17. The number of nitrogens with zero attached hydrogens (tertiary/aromatic N) is 4. The van der Waals surface area contributed by atoms with Crippen LogP contribution in [0.5, 0.6) is 5.75 Å². The zero-order valence-electron chi connectivity index (χ0n) is 29.1. The summed E-state index contributed by atoms with van der Waals surface area (Å²) in [6, 6.07) is 22.4. The first-order valence-electron chi connectivity index (χ1n) is 17.7. The minimum atomic E-state index is -0.993. The Morgan fingerprint density at radius 2 is 1.62 bits per heavy atom. The Morgan fingerprint density at radius 1 is 0.923 bits per heavy atom. The van der Waals surface area contributed by atoms with Gasteiger partial charge in [0.2, 0.25) is 17.8 Å². The smallest absolute Gasteiger partial charge is 0.262 e. The normalized spacial score (nSPS) is 19.6. The van der Waals surface area contributed by atoms with Gasteiger partial charge in [0, 0.05) is 48.8 Å². The van der Waals surface area contributed by atoms with Crippen molar-refractivity contribution in [1.82, 2.24) is 20.2 Å². The number of amides is 4. The molecular weight excluding hydrogens is 660 g/mol.